The van der Waals surface area contributed by atoms with Gasteiger partial charge in [-0.15, -0.1) is 11.3 Å². The molecule has 0 amide bonds. The molecule has 3 heteroatoms. The molecule has 0 bridgehead atoms. The van der Waals surface area contributed by atoms with E-state index in [2.05, 4.69) is 253 Å². The number of hydrogen-bond donors (Lipinski definition) is 0. The summed E-state index contributed by atoms with van der Waals surface area (Å²) < 4.78 is 5.09. The monoisotopic (exact) mass is 868 g/mol. The third-order valence-corrected chi connectivity index (χ3v) is 13.5. The number of thiophene rings is 1. The molecule has 2 nitrogen and oxygen atoms in total. The first kappa shape index (κ1) is 42.2. The molecule has 0 N–H and O–H groups in total. The van der Waals surface area contributed by atoms with E-state index in [1.54, 1.807) is 0 Å². The summed E-state index contributed by atoms with van der Waals surface area (Å²) in [7, 11) is 0. The van der Waals surface area contributed by atoms with E-state index in [0.717, 1.165) is 17.1 Å². The van der Waals surface area contributed by atoms with Gasteiger partial charge < -0.3 is 9.47 Å². The fraction of sp³-hybridized carbons (Fsp3) is 0.0794. The zero-order valence-corrected chi connectivity index (χ0v) is 38.6. The molecule has 320 valence electrons. The van der Waals surface area contributed by atoms with Crippen molar-refractivity contribution >= 4 is 70.4 Å². The van der Waals surface area contributed by atoms with Gasteiger partial charge in [-0.2, -0.15) is 0 Å². The second-order valence-corrected chi connectivity index (χ2v) is 17.5. The van der Waals surface area contributed by atoms with E-state index in [4.69, 9.17) is 0 Å². The van der Waals surface area contributed by atoms with Crippen molar-refractivity contribution in [2.45, 2.75) is 33.6 Å². The van der Waals surface area contributed by atoms with Gasteiger partial charge in [-0.3, -0.25) is 0 Å². The number of nitrogens with zero attached hydrogens (tertiary/aromatic N) is 2. The van der Waals surface area contributed by atoms with Crippen LogP contribution >= 0.6 is 11.3 Å². The van der Waals surface area contributed by atoms with Crippen molar-refractivity contribution in [3.05, 3.63) is 242 Å². The van der Waals surface area contributed by atoms with Crippen LogP contribution < -0.4 is 4.90 Å². The Hall–Kier alpha value is -7.72. The summed E-state index contributed by atoms with van der Waals surface area (Å²) in [6.07, 6.45) is 9.12. The van der Waals surface area contributed by atoms with Gasteiger partial charge in [-0.1, -0.05) is 189 Å². The Labute approximate surface area is 392 Å². The summed E-state index contributed by atoms with van der Waals surface area (Å²) in [6.45, 7) is 6.13. The van der Waals surface area contributed by atoms with Gasteiger partial charge in [0.25, 0.3) is 0 Å². The van der Waals surface area contributed by atoms with Gasteiger partial charge in [0.05, 0.1) is 22.4 Å². The molecule has 66 heavy (non-hydrogen) atoms. The Bertz CT molecular complexity index is 3480. The highest BCUT2D eigenvalue weighted by atomic mass is 32.1. The van der Waals surface area contributed by atoms with Crippen LogP contribution in [-0.2, 0) is 0 Å². The molecular formula is C63H52N2S. The minimum absolute atomic E-state index is 1.11. The van der Waals surface area contributed by atoms with E-state index in [9.17, 15) is 0 Å². The number of para-hydroxylation sites is 3. The van der Waals surface area contributed by atoms with Crippen molar-refractivity contribution in [2.75, 3.05) is 4.90 Å². The van der Waals surface area contributed by atoms with Crippen molar-refractivity contribution in [3.8, 4) is 39.1 Å². The van der Waals surface area contributed by atoms with Crippen LogP contribution in [0, 0.1) is 0 Å². The molecule has 0 saturated heterocycles. The fourth-order valence-electron chi connectivity index (χ4n) is 9.29. The molecule has 0 atom stereocenters. The number of benzene rings is 9. The van der Waals surface area contributed by atoms with Gasteiger partial charge in [0.1, 0.15) is 0 Å². The highest BCUT2D eigenvalue weighted by molar-refractivity contribution is 7.25. The van der Waals surface area contributed by atoms with Crippen LogP contribution in [0.3, 0.4) is 0 Å². The van der Waals surface area contributed by atoms with E-state index in [0.29, 0.717) is 0 Å². The molecule has 2 heterocycles. The number of aromatic nitrogens is 1. The van der Waals surface area contributed by atoms with Crippen LogP contribution in [0.2, 0.25) is 0 Å². The van der Waals surface area contributed by atoms with Crippen molar-refractivity contribution < 1.29 is 0 Å². The van der Waals surface area contributed by atoms with Crippen molar-refractivity contribution in [1.82, 2.24) is 4.57 Å². The van der Waals surface area contributed by atoms with Crippen molar-refractivity contribution in [1.29, 1.82) is 0 Å². The molecule has 11 aromatic rings. The molecule has 0 radical (unpaired) electrons. The Morgan fingerprint density at radius 3 is 1.76 bits per heavy atom. The van der Waals surface area contributed by atoms with Crippen LogP contribution in [0.1, 0.15) is 33.6 Å². The molecule has 12 rings (SSSR count). The Morgan fingerprint density at radius 2 is 1.02 bits per heavy atom. The standard InChI is InChI=1S/C54H36N2S.C7H10.C2H6/c1-3-14-37(15-4-1)38-30-33-43(34-31-38)55(42-16-5-2-6-17-42)48-21-10-7-18-44(48)40-28-26-39(27-29-40)41-32-35-50-47(36-41)45-19-8-11-22-49(45)56(50)51-23-13-25-53-54(51)46-20-9-12-24-52(46)57-53;1-7-5-3-2-4-6-7;1-2/h1-36H;3,5-6H,2,4H2,1H3;1-2H3. The number of fused-ring (bicyclic) bond motifs is 6. The molecule has 0 saturated carbocycles. The number of hydrogen-bond acceptors (Lipinski definition) is 2. The first-order chi connectivity index (χ1) is 32.7. The highest BCUT2D eigenvalue weighted by Crippen LogP contribution is 2.44. The SMILES string of the molecule is CC.CC1=CCCC=C1.c1ccc(-c2ccc(N(c3ccccc3)c3ccccc3-c3ccc(-c4ccc5c(c4)c4ccccc4n5-c4cccc5sc6ccccc6c45)cc3)cc2)cc1. The quantitative estimate of drug-likeness (QED) is 0.155. The zero-order valence-electron chi connectivity index (χ0n) is 37.7. The van der Waals surface area contributed by atoms with Gasteiger partial charge in [-0.05, 0) is 114 Å². The first-order valence-electron chi connectivity index (χ1n) is 23.2. The minimum atomic E-state index is 1.11. The van der Waals surface area contributed by atoms with Gasteiger partial charge in [0.2, 0.25) is 0 Å². The Kier molecular flexibility index (Phi) is 12.3. The number of rotatable bonds is 7. The number of anilines is 3. The normalized spacial score (nSPS) is 12.1. The van der Waals surface area contributed by atoms with Crippen molar-refractivity contribution in [2.24, 2.45) is 0 Å². The van der Waals surface area contributed by atoms with Gasteiger partial charge in [0.15, 0.2) is 0 Å². The van der Waals surface area contributed by atoms with Gasteiger partial charge >= 0.3 is 0 Å². The smallest absolute Gasteiger partial charge is 0.0555 e. The minimum Gasteiger partial charge on any atom is -0.310 e. The molecular weight excluding hydrogens is 817 g/mol. The lowest BCUT2D eigenvalue weighted by molar-refractivity contribution is 1.02. The topological polar surface area (TPSA) is 8.17 Å². The van der Waals surface area contributed by atoms with E-state index >= 15 is 0 Å². The fourth-order valence-corrected chi connectivity index (χ4v) is 10.4. The maximum atomic E-state index is 2.46. The summed E-state index contributed by atoms with van der Waals surface area (Å²) in [6, 6.07) is 79.2. The summed E-state index contributed by atoms with van der Waals surface area (Å²) in [5, 5.41) is 5.14. The first-order valence-corrected chi connectivity index (χ1v) is 24.0. The summed E-state index contributed by atoms with van der Waals surface area (Å²) in [5.41, 5.74) is 15.6. The maximum Gasteiger partial charge on any atom is 0.0555 e. The molecule has 0 fully saturated rings. The second kappa shape index (κ2) is 19.2. The summed E-state index contributed by atoms with van der Waals surface area (Å²) >= 11 is 1.87. The lowest BCUT2D eigenvalue weighted by Crippen LogP contribution is -2.11. The van der Waals surface area contributed by atoms with Gasteiger partial charge in [-0.25, -0.2) is 0 Å². The average Bonchev–Trinajstić information content (AvgIpc) is 3.94. The molecule has 0 unspecified atom stereocenters. The molecule has 1 aliphatic rings. The van der Waals surface area contributed by atoms with Crippen LogP contribution in [0.15, 0.2) is 242 Å². The Morgan fingerprint density at radius 1 is 0.439 bits per heavy atom. The number of allylic oxidation sites excluding steroid dienone is 4. The second-order valence-electron chi connectivity index (χ2n) is 16.4. The third kappa shape index (κ3) is 8.26. The lowest BCUT2D eigenvalue weighted by atomic mass is 9.97. The third-order valence-electron chi connectivity index (χ3n) is 12.4. The van der Waals surface area contributed by atoms with E-state index in [1.165, 1.54) is 99.5 Å². The molecule has 2 aromatic heterocycles. The van der Waals surface area contributed by atoms with E-state index < -0.39 is 0 Å². The molecule has 1 aliphatic carbocycles. The molecule has 9 aromatic carbocycles. The van der Waals surface area contributed by atoms with Crippen LogP contribution in [0.5, 0.6) is 0 Å². The predicted octanol–water partition coefficient (Wildman–Crippen LogP) is 18.9. The summed E-state index contributed by atoms with van der Waals surface area (Å²) in [4.78, 5) is 2.36. The van der Waals surface area contributed by atoms with E-state index in [1.807, 2.05) is 25.2 Å². The van der Waals surface area contributed by atoms with Crippen LogP contribution in [0.4, 0.5) is 17.1 Å². The molecule has 0 aliphatic heterocycles. The maximum absolute atomic E-state index is 2.46. The van der Waals surface area contributed by atoms with Crippen molar-refractivity contribution in [3.63, 3.8) is 0 Å². The highest BCUT2D eigenvalue weighted by Gasteiger charge is 2.19. The average molecular weight is 869 g/mol. The van der Waals surface area contributed by atoms with Gasteiger partial charge in [0, 0.05) is 47.9 Å². The summed E-state index contributed by atoms with van der Waals surface area (Å²) in [5.74, 6) is 0. The zero-order chi connectivity index (χ0) is 44.8. The Balaban J connectivity index is 0.000000517. The lowest BCUT2D eigenvalue weighted by Gasteiger charge is -2.28. The van der Waals surface area contributed by atoms with Crippen LogP contribution in [-0.4, -0.2) is 4.57 Å². The van der Waals surface area contributed by atoms with E-state index in [-0.39, 0.29) is 0 Å². The predicted molar refractivity (Wildman–Crippen MR) is 288 cm³/mol. The van der Waals surface area contributed by atoms with Crippen LogP contribution in [0.25, 0.3) is 81.0 Å². The largest absolute Gasteiger partial charge is 0.310 e. The molecule has 0 spiro atoms.